The van der Waals surface area contributed by atoms with Crippen LogP contribution in [0.15, 0.2) is 23.1 Å². The van der Waals surface area contributed by atoms with Crippen LogP contribution >= 0.6 is 11.6 Å². The number of carbonyl (C=O) groups is 1. The second-order valence-electron chi connectivity index (χ2n) is 5.47. The predicted octanol–water partition coefficient (Wildman–Crippen LogP) is 2.14. The van der Waals surface area contributed by atoms with Gasteiger partial charge < -0.3 is 14.6 Å². The van der Waals surface area contributed by atoms with Crippen LogP contribution in [-0.2, 0) is 19.6 Å². The van der Waals surface area contributed by atoms with E-state index in [0.29, 0.717) is 13.0 Å². The number of ether oxygens (including phenoxy) is 2. The summed E-state index contributed by atoms with van der Waals surface area (Å²) in [5.74, 6) is -1.57. The molecule has 136 valence electrons. The third-order valence-corrected chi connectivity index (χ3v) is 4.86. The number of carboxylic acid groups (broad SMARTS) is 1. The number of methoxy groups -OCH3 is 1. The van der Waals surface area contributed by atoms with Crippen molar-refractivity contribution < 1.29 is 27.8 Å². The zero-order valence-electron chi connectivity index (χ0n) is 13.8. The van der Waals surface area contributed by atoms with Gasteiger partial charge in [-0.05, 0) is 24.1 Å². The number of hydrogen-bond acceptors (Lipinski definition) is 5. The van der Waals surface area contributed by atoms with Gasteiger partial charge in [-0.1, -0.05) is 25.4 Å². The molecule has 0 heterocycles. The molecular weight excluding hydrogens is 358 g/mol. The fraction of sp³-hybridized carbons (Fsp3) is 0.533. The maximum Gasteiger partial charge on any atom is 0.322 e. The summed E-state index contributed by atoms with van der Waals surface area (Å²) < 4.78 is 37.7. The highest BCUT2D eigenvalue weighted by Gasteiger charge is 2.30. The van der Waals surface area contributed by atoms with Gasteiger partial charge in [-0.2, -0.15) is 4.72 Å². The van der Waals surface area contributed by atoms with E-state index in [1.54, 1.807) is 21.0 Å². The second-order valence-corrected chi connectivity index (χ2v) is 7.59. The Morgan fingerprint density at radius 3 is 2.54 bits per heavy atom. The lowest BCUT2D eigenvalue weighted by atomic mass is 10.1. The molecule has 0 aliphatic carbocycles. The van der Waals surface area contributed by atoms with Gasteiger partial charge in [0, 0.05) is 25.2 Å². The molecule has 0 radical (unpaired) electrons. The molecule has 0 aliphatic heterocycles. The Hall–Kier alpha value is -1.35. The van der Waals surface area contributed by atoms with Gasteiger partial charge in [0.1, 0.15) is 16.7 Å². The van der Waals surface area contributed by atoms with Gasteiger partial charge >= 0.3 is 5.97 Å². The summed E-state index contributed by atoms with van der Waals surface area (Å²) in [7, 11) is -2.56. The number of sulfonamides is 1. The van der Waals surface area contributed by atoms with Crippen molar-refractivity contribution in [1.82, 2.24) is 4.72 Å². The summed E-state index contributed by atoms with van der Waals surface area (Å²) in [6, 6.07) is 2.92. The van der Waals surface area contributed by atoms with Crippen molar-refractivity contribution >= 4 is 27.6 Å². The Balaban J connectivity index is 3.08. The van der Waals surface area contributed by atoms with Crippen molar-refractivity contribution in [2.45, 2.75) is 31.2 Å². The first-order valence-corrected chi connectivity index (χ1v) is 9.21. The van der Waals surface area contributed by atoms with Crippen LogP contribution in [0.25, 0.3) is 0 Å². The molecule has 0 aromatic heterocycles. The van der Waals surface area contributed by atoms with Crippen LogP contribution in [0.3, 0.4) is 0 Å². The molecule has 1 aromatic carbocycles. The number of rotatable bonds is 10. The fourth-order valence-corrected chi connectivity index (χ4v) is 3.64. The molecule has 0 fully saturated rings. The second kappa shape index (κ2) is 9.22. The SMILES string of the molecule is COCCCOc1ccc(Cl)cc1S(=O)(=O)NC(C(=O)O)C(C)C. The molecule has 24 heavy (non-hydrogen) atoms. The molecule has 1 rings (SSSR count). The van der Waals surface area contributed by atoms with Crippen molar-refractivity contribution in [2.24, 2.45) is 5.92 Å². The van der Waals surface area contributed by atoms with E-state index >= 15 is 0 Å². The molecule has 9 heteroatoms. The Kier molecular flexibility index (Phi) is 7.95. The van der Waals surface area contributed by atoms with E-state index in [2.05, 4.69) is 4.72 Å². The van der Waals surface area contributed by atoms with Gasteiger partial charge in [-0.25, -0.2) is 8.42 Å². The molecule has 0 aliphatic rings. The lowest BCUT2D eigenvalue weighted by Gasteiger charge is -2.19. The largest absolute Gasteiger partial charge is 0.492 e. The highest BCUT2D eigenvalue weighted by Crippen LogP contribution is 2.28. The summed E-state index contributed by atoms with van der Waals surface area (Å²) in [5.41, 5.74) is 0. The zero-order chi connectivity index (χ0) is 18.3. The number of benzene rings is 1. The molecule has 0 saturated heterocycles. The van der Waals surface area contributed by atoms with Crippen molar-refractivity contribution in [3.05, 3.63) is 23.2 Å². The minimum atomic E-state index is -4.12. The zero-order valence-corrected chi connectivity index (χ0v) is 15.4. The summed E-state index contributed by atoms with van der Waals surface area (Å²) in [6.45, 7) is 3.95. The predicted molar refractivity (Wildman–Crippen MR) is 90.0 cm³/mol. The lowest BCUT2D eigenvalue weighted by Crippen LogP contribution is -2.44. The molecular formula is C15H22ClNO6S. The van der Waals surface area contributed by atoms with E-state index in [9.17, 15) is 18.3 Å². The number of carboxylic acids is 1. The van der Waals surface area contributed by atoms with Crippen LogP contribution < -0.4 is 9.46 Å². The maximum absolute atomic E-state index is 12.6. The summed E-state index contributed by atoms with van der Waals surface area (Å²) in [5, 5.41) is 9.38. The third-order valence-electron chi connectivity index (χ3n) is 3.16. The monoisotopic (exact) mass is 379 g/mol. The van der Waals surface area contributed by atoms with Crippen LogP contribution in [0.4, 0.5) is 0 Å². The van der Waals surface area contributed by atoms with Crippen LogP contribution in [0.1, 0.15) is 20.3 Å². The maximum atomic E-state index is 12.6. The fourth-order valence-electron chi connectivity index (χ4n) is 1.90. The molecule has 0 bridgehead atoms. The number of hydrogen-bond donors (Lipinski definition) is 2. The van der Waals surface area contributed by atoms with Gasteiger partial charge in [-0.15, -0.1) is 0 Å². The Morgan fingerprint density at radius 1 is 1.33 bits per heavy atom. The quantitative estimate of drug-likeness (QED) is 0.604. The molecule has 0 amide bonds. The van der Waals surface area contributed by atoms with E-state index in [0.717, 1.165) is 0 Å². The topological polar surface area (TPSA) is 102 Å². The van der Waals surface area contributed by atoms with Crippen LogP contribution in [0.5, 0.6) is 5.75 Å². The Morgan fingerprint density at radius 2 is 2.00 bits per heavy atom. The average molecular weight is 380 g/mol. The first-order valence-electron chi connectivity index (χ1n) is 7.35. The highest BCUT2D eigenvalue weighted by atomic mass is 35.5. The minimum absolute atomic E-state index is 0.107. The first kappa shape index (κ1) is 20.7. The average Bonchev–Trinajstić information content (AvgIpc) is 2.50. The number of halogens is 1. The van der Waals surface area contributed by atoms with Crippen LogP contribution in [0.2, 0.25) is 5.02 Å². The molecule has 1 atom stereocenters. The van der Waals surface area contributed by atoms with Gasteiger partial charge in [0.2, 0.25) is 10.0 Å². The lowest BCUT2D eigenvalue weighted by molar-refractivity contribution is -0.140. The van der Waals surface area contributed by atoms with E-state index in [-0.39, 0.29) is 22.3 Å². The van der Waals surface area contributed by atoms with E-state index in [1.807, 2.05) is 0 Å². The smallest absolute Gasteiger partial charge is 0.322 e. The third kappa shape index (κ3) is 5.94. The van der Waals surface area contributed by atoms with Gasteiger partial charge in [0.25, 0.3) is 0 Å². The van der Waals surface area contributed by atoms with Crippen molar-refractivity contribution in [2.75, 3.05) is 20.3 Å². The number of aliphatic carboxylic acids is 1. The molecule has 2 N–H and O–H groups in total. The van der Waals surface area contributed by atoms with E-state index in [1.165, 1.54) is 18.2 Å². The molecule has 7 nitrogen and oxygen atoms in total. The normalized spacial score (nSPS) is 13.0. The van der Waals surface area contributed by atoms with Crippen molar-refractivity contribution in [1.29, 1.82) is 0 Å². The highest BCUT2D eigenvalue weighted by molar-refractivity contribution is 7.89. The Labute approximate surface area is 147 Å². The summed E-state index contributed by atoms with van der Waals surface area (Å²) in [6.07, 6.45) is 0.579. The number of nitrogens with one attached hydrogen (secondary N) is 1. The van der Waals surface area contributed by atoms with Gasteiger partial charge in [-0.3, -0.25) is 4.79 Å². The van der Waals surface area contributed by atoms with Crippen molar-refractivity contribution in [3.8, 4) is 5.75 Å². The Bertz CT molecular complexity index is 662. The molecule has 1 unspecified atom stereocenters. The van der Waals surface area contributed by atoms with E-state index < -0.39 is 28.0 Å². The molecule has 1 aromatic rings. The van der Waals surface area contributed by atoms with Gasteiger partial charge in [0.05, 0.1) is 6.61 Å². The summed E-state index contributed by atoms with van der Waals surface area (Å²) >= 11 is 5.88. The molecule has 0 spiro atoms. The molecule has 0 saturated carbocycles. The van der Waals surface area contributed by atoms with Gasteiger partial charge in [0.15, 0.2) is 0 Å². The minimum Gasteiger partial charge on any atom is -0.492 e. The van der Waals surface area contributed by atoms with Crippen LogP contribution in [-0.4, -0.2) is 45.9 Å². The van der Waals surface area contributed by atoms with Crippen LogP contribution in [0, 0.1) is 5.92 Å². The van der Waals surface area contributed by atoms with E-state index in [4.69, 9.17) is 21.1 Å². The first-order chi connectivity index (χ1) is 11.2. The standard InChI is InChI=1S/C15H22ClNO6S/c1-10(2)14(15(18)19)17-24(20,21)13-9-11(16)5-6-12(13)23-8-4-7-22-3/h5-6,9-10,14,17H,4,7-8H2,1-3H3,(H,18,19). The van der Waals surface area contributed by atoms with Crippen molar-refractivity contribution in [3.63, 3.8) is 0 Å². The summed E-state index contributed by atoms with van der Waals surface area (Å²) in [4.78, 5) is 11.1.